The van der Waals surface area contributed by atoms with Gasteiger partial charge in [0.05, 0.1) is 10.7 Å². The summed E-state index contributed by atoms with van der Waals surface area (Å²) in [6.07, 6.45) is 0.977. The van der Waals surface area contributed by atoms with Gasteiger partial charge in [0.25, 0.3) is 10.0 Å². The van der Waals surface area contributed by atoms with E-state index in [1.165, 1.54) is 0 Å². The van der Waals surface area contributed by atoms with Crippen LogP contribution in [0.25, 0.3) is 0 Å². The molecule has 0 unspecified atom stereocenters. The van der Waals surface area contributed by atoms with Crippen LogP contribution in [0.3, 0.4) is 0 Å². The Kier molecular flexibility index (Phi) is 4.19. The molecule has 3 N–H and O–H groups in total. The number of fused-ring (bicyclic) bond motifs is 1. The summed E-state index contributed by atoms with van der Waals surface area (Å²) in [6, 6.07) is 2.01. The number of sulfonamides is 2. The Labute approximate surface area is 121 Å². The first-order valence-electron chi connectivity index (χ1n) is 4.13. The van der Waals surface area contributed by atoms with Crippen molar-refractivity contribution in [1.29, 1.82) is 0 Å². The first kappa shape index (κ1) is 15.5. The fourth-order valence-electron chi connectivity index (χ4n) is 1.29. The molecule has 1 aromatic carbocycles. The van der Waals surface area contributed by atoms with Gasteiger partial charge in [-0.25, -0.2) is 27.0 Å². The second-order valence-corrected chi connectivity index (χ2v) is 6.79. The molecule has 2 rings (SSSR count). The van der Waals surface area contributed by atoms with E-state index in [2.05, 4.69) is 4.99 Å². The Balaban J connectivity index is 0.00000162. The molecular weight excluding hydrogens is 355 g/mol. The minimum Gasteiger partial charge on any atom is -0.270 e. The SMILES string of the molecule is NS(=O)(=O)c1cc2c(cc1Cl)N=CNS2(=O)=O.[Zn]. The number of nitrogens with one attached hydrogen (secondary N) is 1. The monoisotopic (exact) mass is 359 g/mol. The Morgan fingerprint density at radius 1 is 1.33 bits per heavy atom. The van der Waals surface area contributed by atoms with Crippen molar-refractivity contribution in [2.24, 2.45) is 10.1 Å². The zero-order valence-electron chi connectivity index (χ0n) is 8.79. The first-order chi connectivity index (χ1) is 7.72. The van der Waals surface area contributed by atoms with Crippen molar-refractivity contribution in [3.63, 3.8) is 0 Å². The molecule has 11 heteroatoms. The molecule has 1 aliphatic heterocycles. The molecule has 0 atom stereocenters. The number of hydrogen-bond acceptors (Lipinski definition) is 5. The minimum atomic E-state index is -4.09. The second kappa shape index (κ2) is 4.86. The third-order valence-electron chi connectivity index (χ3n) is 2.02. The van der Waals surface area contributed by atoms with Crippen molar-refractivity contribution < 1.29 is 36.3 Å². The van der Waals surface area contributed by atoms with Gasteiger partial charge in [-0.15, -0.1) is 0 Å². The molecule has 0 bridgehead atoms. The molecule has 18 heavy (non-hydrogen) atoms. The van der Waals surface area contributed by atoms with Crippen LogP contribution in [0, 0.1) is 0 Å². The summed E-state index contributed by atoms with van der Waals surface area (Å²) >= 11 is 5.69. The number of rotatable bonds is 1. The summed E-state index contributed by atoms with van der Waals surface area (Å²) in [7, 11) is -7.91. The maximum absolute atomic E-state index is 11.6. The predicted molar refractivity (Wildman–Crippen MR) is 61.3 cm³/mol. The van der Waals surface area contributed by atoms with E-state index < -0.39 is 24.9 Å². The molecular formula is C7H6ClN3O4S2Zn. The average Bonchev–Trinajstić information content (AvgIpc) is 2.13. The molecule has 1 aromatic rings. The molecule has 0 aromatic heterocycles. The summed E-state index contributed by atoms with van der Waals surface area (Å²) in [5, 5.41) is 4.73. The van der Waals surface area contributed by atoms with Crippen LogP contribution in [0.15, 0.2) is 26.9 Å². The summed E-state index contributed by atoms with van der Waals surface area (Å²) in [5.74, 6) is 0. The number of nitrogens with zero attached hydrogens (tertiary/aromatic N) is 1. The molecule has 0 spiro atoms. The number of halogens is 1. The molecule has 0 radical (unpaired) electrons. The smallest absolute Gasteiger partial charge is 0.264 e. The van der Waals surface area contributed by atoms with E-state index in [0.717, 1.165) is 18.5 Å². The number of benzene rings is 1. The van der Waals surface area contributed by atoms with Crippen LogP contribution in [0.4, 0.5) is 5.69 Å². The van der Waals surface area contributed by atoms with Gasteiger partial charge < -0.3 is 0 Å². The molecule has 94 valence electrons. The normalized spacial score (nSPS) is 16.3. The number of aliphatic imine (C=N–C) groups is 1. The van der Waals surface area contributed by atoms with E-state index in [-0.39, 0.29) is 35.1 Å². The zero-order valence-corrected chi connectivity index (χ0v) is 14.1. The molecule has 7 nitrogen and oxygen atoms in total. The van der Waals surface area contributed by atoms with Gasteiger partial charge in [-0.1, -0.05) is 11.6 Å². The van der Waals surface area contributed by atoms with Crippen molar-refractivity contribution in [2.45, 2.75) is 9.79 Å². The molecule has 0 saturated heterocycles. The van der Waals surface area contributed by atoms with E-state index in [4.69, 9.17) is 16.7 Å². The predicted octanol–water partition coefficient (Wildman–Crippen LogP) is -0.0634. The van der Waals surface area contributed by atoms with Gasteiger partial charge in [-0.05, 0) is 12.1 Å². The van der Waals surface area contributed by atoms with E-state index in [9.17, 15) is 16.8 Å². The van der Waals surface area contributed by atoms with Gasteiger partial charge in [0.2, 0.25) is 10.0 Å². The van der Waals surface area contributed by atoms with Gasteiger partial charge in [-0.3, -0.25) is 4.72 Å². The fraction of sp³-hybridized carbons (Fsp3) is 0. The standard InChI is InChI=1S/C7H6ClN3O4S2.Zn/c8-4-1-5-7(2-6(4)16(9,12)13)17(14,15)11-3-10-5;/h1-3H,(H,10,11)(H2,9,12,13);. The van der Waals surface area contributed by atoms with Gasteiger partial charge in [-0.2, -0.15) is 0 Å². The van der Waals surface area contributed by atoms with E-state index in [1.807, 2.05) is 4.72 Å². The third-order valence-corrected chi connectivity index (χ3v) is 4.72. The largest absolute Gasteiger partial charge is 0.270 e. The van der Waals surface area contributed by atoms with E-state index in [1.54, 1.807) is 0 Å². The molecule has 0 saturated carbocycles. The summed E-state index contributed by atoms with van der Waals surface area (Å²) in [6.45, 7) is 0. The van der Waals surface area contributed by atoms with Gasteiger partial charge in [0.1, 0.15) is 16.1 Å². The average molecular weight is 361 g/mol. The van der Waals surface area contributed by atoms with Crippen LogP contribution < -0.4 is 9.86 Å². The van der Waals surface area contributed by atoms with Crippen molar-refractivity contribution in [2.75, 3.05) is 0 Å². The fourth-order valence-corrected chi connectivity index (χ4v) is 3.43. The Bertz CT molecular complexity index is 729. The molecule has 1 aliphatic rings. The van der Waals surface area contributed by atoms with Crippen LogP contribution in [-0.2, 0) is 39.5 Å². The van der Waals surface area contributed by atoms with Crippen molar-refractivity contribution in [1.82, 2.24) is 4.72 Å². The second-order valence-electron chi connectivity index (χ2n) is 3.17. The van der Waals surface area contributed by atoms with Crippen LogP contribution in [-0.4, -0.2) is 23.2 Å². The van der Waals surface area contributed by atoms with Crippen LogP contribution in [0.2, 0.25) is 5.02 Å². The van der Waals surface area contributed by atoms with Gasteiger partial charge in [0, 0.05) is 19.5 Å². The van der Waals surface area contributed by atoms with E-state index >= 15 is 0 Å². The Hall–Kier alpha value is -0.537. The van der Waals surface area contributed by atoms with E-state index in [0.29, 0.717) is 0 Å². The molecule has 1 heterocycles. The van der Waals surface area contributed by atoms with Crippen LogP contribution in [0.1, 0.15) is 0 Å². The summed E-state index contributed by atoms with van der Waals surface area (Å²) in [5.41, 5.74) is 0.0566. The van der Waals surface area contributed by atoms with Crippen LogP contribution >= 0.6 is 11.6 Å². The number of nitrogens with two attached hydrogens (primary N) is 1. The van der Waals surface area contributed by atoms with Gasteiger partial charge >= 0.3 is 0 Å². The Morgan fingerprint density at radius 2 is 1.94 bits per heavy atom. The maximum atomic E-state index is 11.6. The molecule has 0 amide bonds. The van der Waals surface area contributed by atoms with Crippen LogP contribution in [0.5, 0.6) is 0 Å². The van der Waals surface area contributed by atoms with Gasteiger partial charge in [0.15, 0.2) is 0 Å². The summed E-state index contributed by atoms with van der Waals surface area (Å²) < 4.78 is 47.6. The van der Waals surface area contributed by atoms with Crippen molar-refractivity contribution in [3.8, 4) is 0 Å². The maximum Gasteiger partial charge on any atom is 0.264 e. The topological polar surface area (TPSA) is 119 Å². The van der Waals surface area contributed by atoms with Crippen molar-refractivity contribution >= 4 is 43.7 Å². The third kappa shape index (κ3) is 2.72. The summed E-state index contributed by atoms with van der Waals surface area (Å²) in [4.78, 5) is 3.00. The Morgan fingerprint density at radius 3 is 2.50 bits per heavy atom. The first-order valence-corrected chi connectivity index (χ1v) is 7.54. The number of hydrogen-bond donors (Lipinski definition) is 2. The minimum absolute atomic E-state index is 0. The number of primary sulfonamides is 1. The van der Waals surface area contributed by atoms with Crippen molar-refractivity contribution in [3.05, 3.63) is 17.2 Å². The quantitative estimate of drug-likeness (QED) is 0.681. The molecule has 0 fully saturated rings. The molecule has 0 aliphatic carbocycles. The zero-order chi connectivity index (χ0) is 12.8.